The van der Waals surface area contributed by atoms with Crippen molar-refractivity contribution in [1.82, 2.24) is 15.4 Å². The number of benzene rings is 1. The van der Waals surface area contributed by atoms with Crippen molar-refractivity contribution in [2.45, 2.75) is 45.1 Å². The number of rotatable bonds is 9. The molecule has 0 aromatic heterocycles. The lowest BCUT2D eigenvalue weighted by molar-refractivity contribution is 0.549. The molecule has 0 bridgehead atoms. The molecule has 0 saturated carbocycles. The Labute approximate surface area is 146 Å². The first-order valence-corrected chi connectivity index (χ1v) is 9.92. The van der Waals surface area contributed by atoms with Gasteiger partial charge >= 0.3 is 0 Å². The van der Waals surface area contributed by atoms with Crippen molar-refractivity contribution in [3.05, 3.63) is 29.8 Å². The van der Waals surface area contributed by atoms with Gasteiger partial charge in [-0.15, -0.1) is 0 Å². The summed E-state index contributed by atoms with van der Waals surface area (Å²) in [6, 6.07) is 6.77. The summed E-state index contributed by atoms with van der Waals surface area (Å²) in [5.74, 6) is 1.49. The minimum atomic E-state index is -3.39. The predicted octanol–water partition coefficient (Wildman–Crippen LogP) is 2.09. The molecule has 0 aliphatic carbocycles. The van der Waals surface area contributed by atoms with E-state index in [2.05, 4.69) is 34.2 Å². The lowest BCUT2D eigenvalue weighted by atomic mass is 10.1. The maximum Gasteiger partial charge on any atom is 0.240 e. The second kappa shape index (κ2) is 10.3. The van der Waals surface area contributed by atoms with E-state index in [1.165, 1.54) is 13.5 Å². The molecule has 0 radical (unpaired) electrons. The fraction of sp³-hybridized carbons (Fsp3) is 0.588. The van der Waals surface area contributed by atoms with Crippen molar-refractivity contribution >= 4 is 16.0 Å². The summed E-state index contributed by atoms with van der Waals surface area (Å²) in [5, 5.41) is 6.54. The first-order valence-electron chi connectivity index (χ1n) is 8.43. The van der Waals surface area contributed by atoms with E-state index < -0.39 is 10.0 Å². The zero-order valence-corrected chi connectivity index (χ0v) is 15.9. The molecule has 0 atom stereocenters. The molecule has 0 unspecified atom stereocenters. The summed E-state index contributed by atoms with van der Waals surface area (Å²) in [4.78, 5) is 4.80. The molecule has 1 rings (SSSR count). The second-order valence-corrected chi connectivity index (χ2v) is 7.90. The topological polar surface area (TPSA) is 82.6 Å². The summed E-state index contributed by atoms with van der Waals surface area (Å²) in [6.45, 7) is 8.66. The van der Waals surface area contributed by atoms with Crippen LogP contribution in [0.2, 0.25) is 0 Å². The minimum Gasteiger partial charge on any atom is -0.357 e. The van der Waals surface area contributed by atoms with Crippen LogP contribution in [0.4, 0.5) is 0 Å². The lowest BCUT2D eigenvalue weighted by Crippen LogP contribution is -2.37. The molecule has 0 aliphatic rings. The van der Waals surface area contributed by atoms with Crippen molar-refractivity contribution in [2.24, 2.45) is 10.9 Å². The Hall–Kier alpha value is -1.60. The zero-order valence-electron chi connectivity index (χ0n) is 15.1. The van der Waals surface area contributed by atoms with Crippen LogP contribution in [-0.2, 0) is 16.6 Å². The summed E-state index contributed by atoms with van der Waals surface area (Å²) in [5.41, 5.74) is 0.962. The largest absolute Gasteiger partial charge is 0.357 e. The van der Waals surface area contributed by atoms with E-state index in [-0.39, 0.29) is 4.90 Å². The fourth-order valence-electron chi connectivity index (χ4n) is 2.12. The maximum absolute atomic E-state index is 11.7. The SMILES string of the molecule is CCNC(=NCc1ccc(S(=O)(=O)NC)cc1)NCCCC(C)C. The van der Waals surface area contributed by atoms with E-state index in [1.807, 2.05) is 6.92 Å². The van der Waals surface area contributed by atoms with Crippen LogP contribution < -0.4 is 15.4 Å². The van der Waals surface area contributed by atoms with Gasteiger partial charge in [0.1, 0.15) is 0 Å². The van der Waals surface area contributed by atoms with Gasteiger partial charge in [0.2, 0.25) is 10.0 Å². The number of hydrogen-bond donors (Lipinski definition) is 3. The van der Waals surface area contributed by atoms with Crippen LogP contribution in [0.15, 0.2) is 34.2 Å². The number of sulfonamides is 1. The van der Waals surface area contributed by atoms with Crippen molar-refractivity contribution < 1.29 is 8.42 Å². The molecule has 0 fully saturated rings. The highest BCUT2D eigenvalue weighted by molar-refractivity contribution is 7.89. The van der Waals surface area contributed by atoms with Gasteiger partial charge < -0.3 is 10.6 Å². The van der Waals surface area contributed by atoms with E-state index in [0.29, 0.717) is 12.5 Å². The van der Waals surface area contributed by atoms with Gasteiger partial charge in [-0.05, 0) is 50.4 Å². The van der Waals surface area contributed by atoms with E-state index in [9.17, 15) is 8.42 Å². The number of nitrogens with one attached hydrogen (secondary N) is 3. The first kappa shape index (κ1) is 20.4. The Morgan fingerprint density at radius 1 is 1.17 bits per heavy atom. The molecular weight excluding hydrogens is 324 g/mol. The Morgan fingerprint density at radius 2 is 1.83 bits per heavy atom. The fourth-order valence-corrected chi connectivity index (χ4v) is 2.85. The normalized spacial score (nSPS) is 12.5. The molecule has 0 amide bonds. The van der Waals surface area contributed by atoms with E-state index in [4.69, 9.17) is 0 Å². The molecule has 7 heteroatoms. The van der Waals surface area contributed by atoms with Gasteiger partial charge in [0.05, 0.1) is 11.4 Å². The Kier molecular flexibility index (Phi) is 8.78. The minimum absolute atomic E-state index is 0.261. The molecule has 24 heavy (non-hydrogen) atoms. The quantitative estimate of drug-likeness (QED) is 0.360. The third kappa shape index (κ3) is 7.31. The highest BCUT2D eigenvalue weighted by Gasteiger charge is 2.10. The third-order valence-corrected chi connectivity index (χ3v) is 4.95. The van der Waals surface area contributed by atoms with Crippen LogP contribution in [0.5, 0.6) is 0 Å². The first-order chi connectivity index (χ1) is 11.4. The zero-order chi connectivity index (χ0) is 18.0. The van der Waals surface area contributed by atoms with Crippen LogP contribution >= 0.6 is 0 Å². The Balaban J connectivity index is 2.62. The van der Waals surface area contributed by atoms with E-state index in [1.54, 1.807) is 24.3 Å². The van der Waals surface area contributed by atoms with Gasteiger partial charge in [0.15, 0.2) is 5.96 Å². The Morgan fingerprint density at radius 3 is 2.38 bits per heavy atom. The number of guanidine groups is 1. The highest BCUT2D eigenvalue weighted by Crippen LogP contribution is 2.10. The van der Waals surface area contributed by atoms with Crippen molar-refractivity contribution in [1.29, 1.82) is 0 Å². The van der Waals surface area contributed by atoms with Crippen LogP contribution in [-0.4, -0.2) is 34.5 Å². The summed E-state index contributed by atoms with van der Waals surface area (Å²) in [6.07, 6.45) is 2.30. The summed E-state index contributed by atoms with van der Waals surface area (Å²) < 4.78 is 25.7. The van der Waals surface area contributed by atoms with Gasteiger partial charge in [-0.25, -0.2) is 18.1 Å². The molecule has 6 nitrogen and oxygen atoms in total. The molecule has 0 saturated heterocycles. The monoisotopic (exact) mass is 354 g/mol. The summed E-state index contributed by atoms with van der Waals surface area (Å²) in [7, 11) is -1.98. The highest BCUT2D eigenvalue weighted by atomic mass is 32.2. The molecule has 1 aromatic rings. The molecule has 0 spiro atoms. The van der Waals surface area contributed by atoms with Crippen LogP contribution in [0.25, 0.3) is 0 Å². The van der Waals surface area contributed by atoms with Crippen molar-refractivity contribution in [2.75, 3.05) is 20.1 Å². The van der Waals surface area contributed by atoms with Gasteiger partial charge in [-0.1, -0.05) is 26.0 Å². The van der Waals surface area contributed by atoms with Crippen LogP contribution in [0.3, 0.4) is 0 Å². The average Bonchev–Trinajstić information content (AvgIpc) is 2.56. The number of nitrogens with zero attached hydrogens (tertiary/aromatic N) is 1. The molecule has 3 N–H and O–H groups in total. The second-order valence-electron chi connectivity index (χ2n) is 6.01. The Bertz CT molecular complexity index is 610. The predicted molar refractivity (Wildman–Crippen MR) is 99.6 cm³/mol. The van der Waals surface area contributed by atoms with Crippen LogP contribution in [0.1, 0.15) is 39.2 Å². The van der Waals surface area contributed by atoms with Crippen molar-refractivity contribution in [3.63, 3.8) is 0 Å². The van der Waals surface area contributed by atoms with E-state index >= 15 is 0 Å². The molecule has 1 aromatic carbocycles. The van der Waals surface area contributed by atoms with Gasteiger partial charge in [0, 0.05) is 13.1 Å². The standard InChI is InChI=1S/C17H30N4O2S/c1-5-19-17(20-12-6-7-14(2)3)21-13-15-8-10-16(11-9-15)24(22,23)18-4/h8-11,14,18H,5-7,12-13H2,1-4H3,(H2,19,20,21). The summed E-state index contributed by atoms with van der Waals surface area (Å²) >= 11 is 0. The number of hydrogen-bond acceptors (Lipinski definition) is 3. The number of aliphatic imine (C=N–C) groups is 1. The maximum atomic E-state index is 11.7. The van der Waals surface area contributed by atoms with Crippen LogP contribution in [0, 0.1) is 5.92 Å². The van der Waals surface area contributed by atoms with Gasteiger partial charge in [0.25, 0.3) is 0 Å². The molecule has 0 aliphatic heterocycles. The smallest absolute Gasteiger partial charge is 0.240 e. The lowest BCUT2D eigenvalue weighted by Gasteiger charge is -2.12. The van der Waals surface area contributed by atoms with Crippen molar-refractivity contribution in [3.8, 4) is 0 Å². The third-order valence-electron chi connectivity index (χ3n) is 3.52. The van der Waals surface area contributed by atoms with E-state index in [0.717, 1.165) is 31.0 Å². The molecule has 136 valence electrons. The average molecular weight is 355 g/mol. The molecular formula is C17H30N4O2S. The van der Waals surface area contributed by atoms with Gasteiger partial charge in [-0.2, -0.15) is 0 Å². The van der Waals surface area contributed by atoms with Gasteiger partial charge in [-0.3, -0.25) is 0 Å². The molecule has 0 heterocycles.